The van der Waals surface area contributed by atoms with Crippen molar-refractivity contribution in [1.29, 1.82) is 0 Å². The number of aliphatic hydroxyl groups is 2. The Hall–Kier alpha value is -6.16. The third-order valence-corrected chi connectivity index (χ3v) is 10.8. The van der Waals surface area contributed by atoms with E-state index in [9.17, 15) is 58.5 Å². The van der Waals surface area contributed by atoms with Gasteiger partial charge in [0.15, 0.2) is 12.2 Å². The number of imidazole rings is 1. The number of carboxylic acids is 1. The number of esters is 1. The van der Waals surface area contributed by atoms with Gasteiger partial charge in [-0.05, 0) is 154 Å². The summed E-state index contributed by atoms with van der Waals surface area (Å²) in [6.07, 6.45) is -7.42. The lowest BCUT2D eigenvalue weighted by molar-refractivity contribution is -0.188. The van der Waals surface area contributed by atoms with Gasteiger partial charge in [0.05, 0.1) is 25.0 Å². The molecule has 0 aliphatic carbocycles. The molecule has 8 atom stereocenters. The molecule has 0 aliphatic heterocycles. The van der Waals surface area contributed by atoms with Gasteiger partial charge in [-0.2, -0.15) is 0 Å². The van der Waals surface area contributed by atoms with Crippen molar-refractivity contribution in [2.24, 2.45) is 5.73 Å². The molecule has 8 unspecified atom stereocenters. The van der Waals surface area contributed by atoms with Gasteiger partial charge in [0.1, 0.15) is 59.5 Å². The van der Waals surface area contributed by atoms with Crippen LogP contribution in [0.2, 0.25) is 0 Å². The zero-order valence-corrected chi connectivity index (χ0v) is 48.6. The maximum Gasteiger partial charge on any atom is 0.419 e. The van der Waals surface area contributed by atoms with Crippen LogP contribution in [0.5, 0.6) is 0 Å². The second-order valence-electron chi connectivity index (χ2n) is 22.4. The highest BCUT2D eigenvalue weighted by Crippen LogP contribution is 2.18. The van der Waals surface area contributed by atoms with Gasteiger partial charge in [-0.15, -0.1) is 0 Å². The Morgan fingerprint density at radius 3 is 1.58 bits per heavy atom. The molecule has 0 saturated heterocycles. The SMILES string of the molecule is COC(=O)C(CCCCN)NC(=O)C(CCCCNC(=O)OC(C)(C)C)NC(=O)C(Cc1cn(C(=O)OC(C)(C)C)cn1)NC(=O)C(CCCCNC(=O)C(OC(C)C)C(O)C(OC(C)C)C(O)C(=O)O)NC(=O)OC(C)(C)C. The molecule has 1 heterocycles. The molecular weight excluding hydrogens is 1040 g/mol. The molecule has 0 aromatic carbocycles. The summed E-state index contributed by atoms with van der Waals surface area (Å²) in [6.45, 7) is 21.5. The molecule has 1 aromatic heterocycles. The number of amides is 6. The van der Waals surface area contributed by atoms with Crippen LogP contribution in [0.25, 0.3) is 0 Å². The molecule has 1 aromatic rings. The van der Waals surface area contributed by atoms with E-state index in [0.29, 0.717) is 25.8 Å². The number of hydrogen-bond acceptors (Lipinski definition) is 19. The third kappa shape index (κ3) is 29.6. The van der Waals surface area contributed by atoms with Crippen LogP contribution < -0.4 is 37.6 Å². The molecular formula is C52H91N9O18. The number of hydrogen-bond donors (Lipinski definition) is 10. The minimum atomic E-state index is -2.21. The van der Waals surface area contributed by atoms with E-state index < -0.39 is 131 Å². The topological polar surface area (TPSA) is 386 Å². The van der Waals surface area contributed by atoms with Crippen molar-refractivity contribution >= 4 is 53.8 Å². The normalized spacial score (nSPS) is 15.0. The van der Waals surface area contributed by atoms with Crippen LogP contribution in [0.1, 0.15) is 153 Å². The number of nitrogens with one attached hydrogen (secondary N) is 6. The van der Waals surface area contributed by atoms with Gasteiger partial charge in [-0.1, -0.05) is 0 Å². The summed E-state index contributed by atoms with van der Waals surface area (Å²) in [5, 5.41) is 46.8. The lowest BCUT2D eigenvalue weighted by Crippen LogP contribution is -2.58. The van der Waals surface area contributed by atoms with Gasteiger partial charge in [0.25, 0.3) is 5.91 Å². The molecule has 6 amide bonds. The van der Waals surface area contributed by atoms with Crippen LogP contribution in [0.3, 0.4) is 0 Å². The number of nitrogens with two attached hydrogens (primary N) is 1. The van der Waals surface area contributed by atoms with Crippen LogP contribution in [0.15, 0.2) is 12.5 Å². The number of carbonyl (C=O) groups is 9. The van der Waals surface area contributed by atoms with Gasteiger partial charge in [-0.25, -0.2) is 33.5 Å². The third-order valence-electron chi connectivity index (χ3n) is 10.8. The van der Waals surface area contributed by atoms with Gasteiger partial charge >= 0.3 is 30.2 Å². The van der Waals surface area contributed by atoms with E-state index in [0.717, 1.165) is 18.0 Å². The fraction of sp³-hybridized carbons (Fsp3) is 0.769. The average Bonchev–Trinajstić information content (AvgIpc) is 3.79. The van der Waals surface area contributed by atoms with E-state index in [-0.39, 0.29) is 63.7 Å². The van der Waals surface area contributed by atoms with Gasteiger partial charge < -0.3 is 81.4 Å². The summed E-state index contributed by atoms with van der Waals surface area (Å²) in [7, 11) is 1.16. The van der Waals surface area contributed by atoms with Crippen molar-refractivity contribution < 1.29 is 86.9 Å². The Bertz CT molecular complexity index is 2120. The highest BCUT2D eigenvalue weighted by molar-refractivity contribution is 5.95. The quantitative estimate of drug-likeness (QED) is 0.0274. The highest BCUT2D eigenvalue weighted by atomic mass is 16.6. The maximum absolute atomic E-state index is 14.6. The molecule has 27 heteroatoms. The number of carboxylic acid groups (broad SMARTS) is 1. The summed E-state index contributed by atoms with van der Waals surface area (Å²) < 4.78 is 33.3. The second kappa shape index (κ2) is 34.1. The molecule has 0 radical (unpaired) electrons. The molecule has 0 aliphatic rings. The van der Waals surface area contributed by atoms with Gasteiger partial charge in [0, 0.05) is 25.7 Å². The molecule has 0 bridgehead atoms. The molecule has 452 valence electrons. The minimum absolute atomic E-state index is 0.0303. The fourth-order valence-corrected chi connectivity index (χ4v) is 7.31. The van der Waals surface area contributed by atoms with E-state index >= 15 is 0 Å². The first kappa shape index (κ1) is 70.9. The van der Waals surface area contributed by atoms with Crippen molar-refractivity contribution in [2.75, 3.05) is 26.7 Å². The summed E-state index contributed by atoms with van der Waals surface area (Å²) in [5.41, 5.74) is 3.14. The minimum Gasteiger partial charge on any atom is -0.479 e. The zero-order valence-electron chi connectivity index (χ0n) is 48.6. The molecule has 79 heavy (non-hydrogen) atoms. The Labute approximate surface area is 463 Å². The standard InChI is InChI=1S/C52H91N9O18/c1-30(2)75-39(38(63)45(68)69)37(62)40(76-31(3)4)44(67)54-25-19-16-22-34(60-48(72)78-51(8,9)10)42(65)59-36(27-32-28-61(29-56-32)49(73)79-52(11,12)13)43(66)57-33(21-17-20-26-55-47(71)77-50(5,6)7)41(64)58-35(46(70)74-14)23-15-18-24-53/h28-31,33-40,62-63H,15-27,53H2,1-14H3,(H,54,67)(H,55,71)(H,57,66)(H,58,64)(H,59,65)(H,60,72)(H,68,69). The molecule has 1 rings (SSSR count). The summed E-state index contributed by atoms with van der Waals surface area (Å²) >= 11 is 0. The number of unbranched alkanes of at least 4 members (excludes halogenated alkanes) is 3. The number of aliphatic hydroxyl groups excluding tert-OH is 2. The summed E-state index contributed by atoms with van der Waals surface area (Å²) in [6, 6.07) is -5.43. The van der Waals surface area contributed by atoms with E-state index in [1.165, 1.54) is 6.20 Å². The summed E-state index contributed by atoms with van der Waals surface area (Å²) in [5.74, 6) is -5.89. The predicted octanol–water partition coefficient (Wildman–Crippen LogP) is 2.23. The Morgan fingerprint density at radius 2 is 1.08 bits per heavy atom. The first-order chi connectivity index (χ1) is 36.6. The number of nitrogens with zero attached hydrogens (tertiary/aromatic N) is 2. The number of rotatable bonds is 33. The number of aromatic nitrogens is 2. The fourth-order valence-electron chi connectivity index (χ4n) is 7.31. The molecule has 11 N–H and O–H groups in total. The highest BCUT2D eigenvalue weighted by Gasteiger charge is 2.42. The van der Waals surface area contributed by atoms with Crippen molar-refractivity contribution in [2.45, 2.75) is 232 Å². The number of methoxy groups -OCH3 is 1. The smallest absolute Gasteiger partial charge is 0.419 e. The number of ether oxygens (including phenoxy) is 6. The number of alkyl carbamates (subject to hydrolysis) is 2. The van der Waals surface area contributed by atoms with E-state index in [1.54, 1.807) is 90.0 Å². The lowest BCUT2D eigenvalue weighted by Gasteiger charge is -2.32. The monoisotopic (exact) mass is 1130 g/mol. The Kier molecular flexibility index (Phi) is 30.6. The van der Waals surface area contributed by atoms with E-state index in [2.05, 4.69) is 36.9 Å². The number of aliphatic carboxylic acids is 1. The number of carbonyl (C=O) groups excluding carboxylic acids is 8. The first-order valence-electron chi connectivity index (χ1n) is 26.7. The van der Waals surface area contributed by atoms with Crippen LogP contribution >= 0.6 is 0 Å². The zero-order chi connectivity index (χ0) is 60.4. The predicted molar refractivity (Wildman–Crippen MR) is 286 cm³/mol. The van der Waals surface area contributed by atoms with Crippen LogP contribution in [-0.2, 0) is 63.6 Å². The van der Waals surface area contributed by atoms with Crippen LogP contribution in [0, 0.1) is 0 Å². The van der Waals surface area contributed by atoms with E-state index in [4.69, 9.17) is 34.2 Å². The lowest BCUT2D eigenvalue weighted by atomic mass is 10.0. The molecule has 0 saturated carbocycles. The van der Waals surface area contributed by atoms with E-state index in [1.807, 2.05) is 0 Å². The second-order valence-corrected chi connectivity index (χ2v) is 22.4. The first-order valence-corrected chi connectivity index (χ1v) is 26.7. The Morgan fingerprint density at radius 1 is 0.608 bits per heavy atom. The largest absolute Gasteiger partial charge is 0.479 e. The van der Waals surface area contributed by atoms with Crippen molar-refractivity contribution in [3.63, 3.8) is 0 Å². The summed E-state index contributed by atoms with van der Waals surface area (Å²) in [4.78, 5) is 124. The molecule has 0 spiro atoms. The van der Waals surface area contributed by atoms with Crippen molar-refractivity contribution in [3.05, 3.63) is 18.2 Å². The average molecular weight is 1130 g/mol. The van der Waals surface area contributed by atoms with Crippen molar-refractivity contribution in [3.8, 4) is 0 Å². The van der Waals surface area contributed by atoms with Gasteiger partial charge in [0.2, 0.25) is 17.7 Å². The van der Waals surface area contributed by atoms with Crippen molar-refractivity contribution in [1.82, 2.24) is 41.5 Å². The molecule has 27 nitrogen and oxygen atoms in total. The van der Waals surface area contributed by atoms with Crippen LogP contribution in [0.4, 0.5) is 14.4 Å². The van der Waals surface area contributed by atoms with Crippen LogP contribution in [-0.4, -0.2) is 183 Å². The maximum atomic E-state index is 14.6. The Balaban J connectivity index is 3.66. The molecule has 0 fully saturated rings. The van der Waals surface area contributed by atoms with Gasteiger partial charge in [-0.3, -0.25) is 19.2 Å².